The molecule has 0 saturated carbocycles. The molecule has 0 bridgehead atoms. The van der Waals surface area contributed by atoms with E-state index in [2.05, 4.69) is 5.32 Å². The third-order valence-corrected chi connectivity index (χ3v) is 1.19. The fourth-order valence-electron chi connectivity index (χ4n) is 0.748. The number of aromatic hydroxyl groups is 1. The molecule has 6 heteroatoms. The minimum Gasteiger partial charge on any atom is -0.508 e. The smallest absolute Gasteiger partial charge is 0.221 e. The molecule has 0 saturated heterocycles. The molecular weight excluding hydrogens is 184 g/mol. The lowest BCUT2D eigenvalue weighted by molar-refractivity contribution is -0.114. The Kier molecular flexibility index (Phi) is 5.34. The third kappa shape index (κ3) is 5.45. The van der Waals surface area contributed by atoms with Crippen LogP contribution in [0.3, 0.4) is 0 Å². The third-order valence-electron chi connectivity index (χ3n) is 1.19. The molecule has 0 heterocycles. The van der Waals surface area contributed by atoms with Crippen LogP contribution in [0.25, 0.3) is 0 Å². The van der Waals surface area contributed by atoms with E-state index < -0.39 is 0 Å². The Hall–Kier alpha value is -2.20. The fraction of sp³-hybridized carbons (Fsp3) is 0.125. The Balaban J connectivity index is 0.000000500. The summed E-state index contributed by atoms with van der Waals surface area (Å²) in [6.07, 6.45) is 0. The standard InChI is InChI=1S/C8H9NO2.H2N3/c1-6(10)9-7-2-4-8(11)5-3-7;1-3-2/h2-5,11H,1H3,(H,9,10);1-2H/q;+1. The van der Waals surface area contributed by atoms with Crippen molar-refractivity contribution in [3.8, 4) is 5.75 Å². The first-order valence-electron chi connectivity index (χ1n) is 3.70. The predicted molar refractivity (Wildman–Crippen MR) is 50.0 cm³/mol. The highest BCUT2D eigenvalue weighted by atomic mass is 16.3. The quantitative estimate of drug-likeness (QED) is 0.309. The Bertz CT molecular complexity index is 328. The predicted octanol–water partition coefficient (Wildman–Crippen LogP) is 1.47. The van der Waals surface area contributed by atoms with Crippen LogP contribution in [0.15, 0.2) is 24.3 Å². The number of nitrogens with zero attached hydrogens (tertiary/aromatic N) is 1. The second kappa shape index (κ2) is 6.33. The van der Waals surface area contributed by atoms with Crippen LogP contribution in [0.2, 0.25) is 0 Å². The van der Waals surface area contributed by atoms with Crippen molar-refractivity contribution in [2.24, 2.45) is 0 Å². The van der Waals surface area contributed by atoms with Gasteiger partial charge in [0.1, 0.15) is 16.8 Å². The van der Waals surface area contributed by atoms with Gasteiger partial charge in [-0.3, -0.25) is 4.79 Å². The van der Waals surface area contributed by atoms with Crippen molar-refractivity contribution >= 4 is 11.6 Å². The zero-order valence-electron chi connectivity index (χ0n) is 7.61. The molecule has 0 aromatic heterocycles. The summed E-state index contributed by atoms with van der Waals surface area (Å²) in [5.41, 5.74) is 11.7. The van der Waals surface area contributed by atoms with E-state index in [1.165, 1.54) is 19.1 Å². The van der Waals surface area contributed by atoms with Gasteiger partial charge in [-0.2, -0.15) is 0 Å². The molecule has 1 amide bonds. The second-order valence-electron chi connectivity index (χ2n) is 2.34. The summed E-state index contributed by atoms with van der Waals surface area (Å²) in [4.78, 5) is 12.5. The molecule has 1 aromatic carbocycles. The lowest BCUT2D eigenvalue weighted by Gasteiger charge is -1.99. The Morgan fingerprint density at radius 1 is 1.36 bits per heavy atom. The first-order valence-corrected chi connectivity index (χ1v) is 3.70. The lowest BCUT2D eigenvalue weighted by Crippen LogP contribution is -2.04. The Morgan fingerprint density at radius 2 is 1.79 bits per heavy atom. The summed E-state index contributed by atoms with van der Waals surface area (Å²) in [5.74, 6) is 0.0785. The Morgan fingerprint density at radius 3 is 2.14 bits per heavy atom. The van der Waals surface area contributed by atoms with Gasteiger partial charge in [0.15, 0.2) is 0 Å². The number of carbonyl (C=O) groups is 1. The van der Waals surface area contributed by atoms with Crippen LogP contribution < -0.4 is 10.2 Å². The lowest BCUT2D eigenvalue weighted by atomic mass is 10.3. The van der Waals surface area contributed by atoms with Gasteiger partial charge in [-0.1, -0.05) is 0 Å². The van der Waals surface area contributed by atoms with E-state index >= 15 is 0 Å². The van der Waals surface area contributed by atoms with Gasteiger partial charge in [-0.15, -0.1) is 0 Å². The van der Waals surface area contributed by atoms with Gasteiger partial charge < -0.3 is 10.4 Å². The van der Waals surface area contributed by atoms with Gasteiger partial charge in [0.05, 0.1) is 0 Å². The molecule has 6 nitrogen and oxygen atoms in total. The van der Waals surface area contributed by atoms with Crippen molar-refractivity contribution in [1.82, 2.24) is 4.91 Å². The number of carbonyl (C=O) groups excluding carboxylic acids is 1. The van der Waals surface area contributed by atoms with Crippen LogP contribution in [0.5, 0.6) is 5.75 Å². The molecule has 0 fully saturated rings. The highest BCUT2D eigenvalue weighted by molar-refractivity contribution is 5.88. The molecule has 1 aromatic rings. The maximum Gasteiger partial charge on any atom is 0.221 e. The summed E-state index contributed by atoms with van der Waals surface area (Å²) < 4.78 is 0. The summed E-state index contributed by atoms with van der Waals surface area (Å²) in [5, 5.41) is 11.5. The van der Waals surface area contributed by atoms with E-state index in [9.17, 15) is 4.79 Å². The van der Waals surface area contributed by atoms with Gasteiger partial charge in [-0.05, 0) is 24.3 Å². The van der Waals surface area contributed by atoms with Gasteiger partial charge in [-0.25, -0.2) is 0 Å². The topological polar surface area (TPSA) is 111 Å². The van der Waals surface area contributed by atoms with Crippen LogP contribution in [-0.4, -0.2) is 11.0 Å². The zero-order chi connectivity index (χ0) is 11.0. The van der Waals surface area contributed by atoms with Crippen molar-refractivity contribution in [3.63, 3.8) is 0 Å². The first-order chi connectivity index (χ1) is 6.60. The fourth-order valence-corrected chi connectivity index (χ4v) is 0.748. The molecule has 1 rings (SSSR count). The monoisotopic (exact) mass is 195 g/mol. The van der Waals surface area contributed by atoms with Crippen LogP contribution >= 0.6 is 0 Å². The number of nitrogens with one attached hydrogen (secondary N) is 3. The number of phenols is 1. The van der Waals surface area contributed by atoms with Crippen LogP contribution in [0.1, 0.15) is 6.92 Å². The average molecular weight is 195 g/mol. The number of anilines is 1. The second-order valence-corrected chi connectivity index (χ2v) is 2.34. The van der Waals surface area contributed by atoms with E-state index in [1.807, 2.05) is 4.91 Å². The summed E-state index contributed by atoms with van der Waals surface area (Å²) in [6, 6.07) is 6.31. The van der Waals surface area contributed by atoms with Crippen molar-refractivity contribution in [2.75, 3.05) is 5.32 Å². The molecule has 0 aliphatic rings. The maximum absolute atomic E-state index is 10.5. The van der Waals surface area contributed by atoms with E-state index in [0.717, 1.165) is 0 Å². The van der Waals surface area contributed by atoms with Crippen LogP contribution in [-0.2, 0) is 4.79 Å². The van der Waals surface area contributed by atoms with Crippen molar-refractivity contribution in [2.45, 2.75) is 6.92 Å². The van der Waals surface area contributed by atoms with E-state index in [1.54, 1.807) is 12.1 Å². The van der Waals surface area contributed by atoms with Gasteiger partial charge in [0, 0.05) is 12.6 Å². The molecule has 0 unspecified atom stereocenters. The SMILES string of the molecule is CC(=O)Nc1ccc(O)cc1.N=[N+]=N. The zero-order valence-corrected chi connectivity index (χ0v) is 7.61. The van der Waals surface area contributed by atoms with E-state index in [0.29, 0.717) is 5.69 Å². The largest absolute Gasteiger partial charge is 0.508 e. The van der Waals surface area contributed by atoms with Gasteiger partial charge in [0.25, 0.3) is 0 Å². The summed E-state index contributed by atoms with van der Waals surface area (Å²) in [7, 11) is 0. The number of hydrogen-bond acceptors (Lipinski definition) is 4. The molecule has 74 valence electrons. The van der Waals surface area contributed by atoms with E-state index in [-0.39, 0.29) is 11.7 Å². The maximum atomic E-state index is 10.5. The summed E-state index contributed by atoms with van der Waals surface area (Å²) >= 11 is 0. The first kappa shape index (κ1) is 11.8. The summed E-state index contributed by atoms with van der Waals surface area (Å²) in [6.45, 7) is 1.44. The number of hydrogen-bond donors (Lipinski definition) is 4. The number of benzene rings is 1. The van der Waals surface area contributed by atoms with Crippen molar-refractivity contribution in [3.05, 3.63) is 24.3 Å². The normalized spacial score (nSPS) is 7.79. The van der Waals surface area contributed by atoms with Gasteiger partial charge >= 0.3 is 0 Å². The van der Waals surface area contributed by atoms with E-state index in [4.69, 9.17) is 16.2 Å². The number of amides is 1. The molecule has 0 atom stereocenters. The van der Waals surface area contributed by atoms with Gasteiger partial charge in [0.2, 0.25) is 10.8 Å². The molecule has 14 heavy (non-hydrogen) atoms. The molecule has 0 aliphatic carbocycles. The molecule has 0 aliphatic heterocycles. The molecule has 0 spiro atoms. The Labute approximate surface area is 80.6 Å². The van der Waals surface area contributed by atoms with Crippen LogP contribution in [0.4, 0.5) is 5.69 Å². The minimum atomic E-state index is -0.115. The molecule has 4 N–H and O–H groups in total. The molecule has 0 radical (unpaired) electrons. The average Bonchev–Trinajstić information content (AvgIpc) is 2.09. The van der Waals surface area contributed by atoms with Crippen molar-refractivity contribution in [1.29, 1.82) is 11.1 Å². The molecular formula is C8H11N4O2+. The highest BCUT2D eigenvalue weighted by Gasteiger charge is 1.93. The number of rotatable bonds is 1. The highest BCUT2D eigenvalue weighted by Crippen LogP contribution is 2.13. The van der Waals surface area contributed by atoms with Crippen molar-refractivity contribution < 1.29 is 9.90 Å². The number of phenolic OH excluding ortho intramolecular Hbond substituents is 1. The van der Waals surface area contributed by atoms with Crippen LogP contribution in [0, 0.1) is 11.1 Å². The minimum absolute atomic E-state index is 0.115.